The van der Waals surface area contributed by atoms with Gasteiger partial charge in [-0.2, -0.15) is 0 Å². The standard InChI is InChI=1S/C31H34NO3PS/c1-30(2)22-31-19-18-24(30)20-28(31)32(37(34,35)23-31)29(33)21-36(25-12-6-3-7-13-25,26-14-8-4-9-15-26)27-16-10-5-11-17-27/h3-17,21,24,28H,18-20,22-23H2,1-2H3/t24?,28-,31-/m1/s1. The average molecular weight is 532 g/mol. The second-order valence-corrected chi connectivity index (χ2v) is 16.9. The van der Waals surface area contributed by atoms with Gasteiger partial charge in [-0.1, -0.05) is 105 Å². The van der Waals surface area contributed by atoms with Gasteiger partial charge in [-0.3, -0.25) is 4.79 Å². The molecular weight excluding hydrogens is 497 g/mol. The third-order valence-corrected chi connectivity index (χ3v) is 15.1. The van der Waals surface area contributed by atoms with Gasteiger partial charge in [0.15, 0.2) is 0 Å². The maximum Gasteiger partial charge on any atom is 0.261 e. The summed E-state index contributed by atoms with van der Waals surface area (Å²) in [6.07, 6.45) is 3.60. The Kier molecular flexibility index (Phi) is 5.82. The highest BCUT2D eigenvalue weighted by Crippen LogP contribution is 2.63. The number of carbonyl (C=O) groups excluding carboxylic acids is 1. The molecule has 37 heavy (non-hydrogen) atoms. The zero-order valence-corrected chi connectivity index (χ0v) is 23.2. The maximum atomic E-state index is 14.4. The Labute approximate surface area is 220 Å². The normalized spacial score (nSPS) is 27.5. The first-order chi connectivity index (χ1) is 17.7. The first-order valence-corrected chi connectivity index (χ1v) is 16.6. The molecular formula is C31H34NO3PS. The van der Waals surface area contributed by atoms with Crippen LogP contribution in [0.15, 0.2) is 91.0 Å². The lowest BCUT2D eigenvalue weighted by atomic mass is 9.49. The van der Waals surface area contributed by atoms with E-state index in [0.29, 0.717) is 5.92 Å². The summed E-state index contributed by atoms with van der Waals surface area (Å²) in [5.41, 5.74) is -0.212. The molecule has 1 unspecified atom stereocenters. The van der Waals surface area contributed by atoms with Gasteiger partial charge in [-0.05, 0) is 59.8 Å². The van der Waals surface area contributed by atoms with Crippen LogP contribution in [0.5, 0.6) is 0 Å². The summed E-state index contributed by atoms with van der Waals surface area (Å²) in [5.74, 6) is 1.96. The number of hydrogen-bond donors (Lipinski definition) is 0. The van der Waals surface area contributed by atoms with E-state index in [1.807, 2.05) is 54.6 Å². The summed E-state index contributed by atoms with van der Waals surface area (Å²) in [5, 5.41) is 3.12. The van der Waals surface area contributed by atoms with E-state index >= 15 is 0 Å². The van der Waals surface area contributed by atoms with Crippen LogP contribution in [0, 0.1) is 16.7 Å². The number of fused-ring (bicyclic) bond motifs is 2. The van der Waals surface area contributed by atoms with Gasteiger partial charge in [-0.15, -0.1) is 0 Å². The largest absolute Gasteiger partial charge is 0.269 e. The minimum Gasteiger partial charge on any atom is -0.269 e. The average Bonchev–Trinajstić information content (AvgIpc) is 3.13. The van der Waals surface area contributed by atoms with E-state index in [4.69, 9.17) is 0 Å². The molecule has 3 aliphatic carbocycles. The Bertz CT molecular complexity index is 1380. The van der Waals surface area contributed by atoms with Crippen LogP contribution in [-0.4, -0.2) is 36.2 Å². The predicted molar refractivity (Wildman–Crippen MR) is 154 cm³/mol. The van der Waals surface area contributed by atoms with Gasteiger partial charge < -0.3 is 0 Å². The third kappa shape index (κ3) is 3.85. The van der Waals surface area contributed by atoms with Gasteiger partial charge in [0.25, 0.3) is 5.91 Å². The SMILES string of the molecule is CC1(C)C[C@@]23CCC1C[C@H]2N(C(=O)C=P(c1ccccc1)(c1ccccc1)c1ccccc1)S(=O)(=O)C3. The van der Waals surface area contributed by atoms with Crippen LogP contribution in [-0.2, 0) is 14.8 Å². The number of rotatable bonds is 4. The molecule has 1 saturated heterocycles. The lowest BCUT2D eigenvalue weighted by Gasteiger charge is -2.56. The maximum absolute atomic E-state index is 14.4. The van der Waals surface area contributed by atoms with Gasteiger partial charge in [-0.25, -0.2) is 12.7 Å². The van der Waals surface area contributed by atoms with Crippen molar-refractivity contribution in [2.75, 3.05) is 5.75 Å². The van der Waals surface area contributed by atoms with Crippen molar-refractivity contribution in [1.82, 2.24) is 4.31 Å². The predicted octanol–water partition coefficient (Wildman–Crippen LogP) is 4.54. The van der Waals surface area contributed by atoms with Gasteiger partial charge in [0, 0.05) is 11.2 Å². The van der Waals surface area contributed by atoms with Crippen molar-refractivity contribution < 1.29 is 13.2 Å². The quantitative estimate of drug-likeness (QED) is 0.465. The van der Waals surface area contributed by atoms with Gasteiger partial charge in [0.1, 0.15) is 0 Å². The molecule has 0 N–H and O–H groups in total. The van der Waals surface area contributed by atoms with Gasteiger partial charge >= 0.3 is 0 Å². The first-order valence-electron chi connectivity index (χ1n) is 13.2. The van der Waals surface area contributed by atoms with E-state index in [1.165, 1.54) is 4.31 Å². The molecule has 7 rings (SSSR count). The summed E-state index contributed by atoms with van der Waals surface area (Å²) >= 11 is 0. The van der Waals surface area contributed by atoms with Crippen LogP contribution in [0.4, 0.5) is 0 Å². The Balaban J connectivity index is 1.57. The molecule has 1 spiro atoms. The number of sulfonamides is 1. The lowest BCUT2D eigenvalue weighted by Crippen LogP contribution is -2.56. The Hall–Kier alpha value is -2.62. The fourth-order valence-corrected chi connectivity index (χ4v) is 13.7. The molecule has 1 aliphatic heterocycles. The number of nitrogens with zero attached hydrogens (tertiary/aromatic N) is 1. The van der Waals surface area contributed by atoms with Gasteiger partial charge in [0.2, 0.25) is 10.0 Å². The van der Waals surface area contributed by atoms with Crippen molar-refractivity contribution in [3.05, 3.63) is 91.0 Å². The molecule has 4 fully saturated rings. The molecule has 4 aliphatic rings. The van der Waals surface area contributed by atoms with Crippen LogP contribution in [0.2, 0.25) is 0 Å². The van der Waals surface area contributed by atoms with Crippen LogP contribution in [0.1, 0.15) is 39.5 Å². The summed E-state index contributed by atoms with van der Waals surface area (Å²) in [6.45, 7) is 1.95. The molecule has 4 nitrogen and oxygen atoms in total. The van der Waals surface area contributed by atoms with Crippen LogP contribution >= 0.6 is 6.89 Å². The van der Waals surface area contributed by atoms with Crippen molar-refractivity contribution in [2.24, 2.45) is 16.7 Å². The molecule has 1 heterocycles. The molecule has 2 bridgehead atoms. The molecule has 1 amide bonds. The first kappa shape index (κ1) is 24.7. The van der Waals surface area contributed by atoms with Crippen molar-refractivity contribution in [1.29, 1.82) is 0 Å². The molecule has 192 valence electrons. The molecule has 3 aromatic rings. The zero-order valence-electron chi connectivity index (χ0n) is 21.5. The van der Waals surface area contributed by atoms with E-state index in [9.17, 15) is 13.2 Å². The summed E-state index contributed by atoms with van der Waals surface area (Å²) in [4.78, 5) is 14.4. The van der Waals surface area contributed by atoms with Gasteiger partial charge in [0.05, 0.1) is 11.8 Å². The second-order valence-electron chi connectivity index (χ2n) is 11.8. The summed E-state index contributed by atoms with van der Waals surface area (Å²) < 4.78 is 28.8. The Morgan fingerprint density at radius 1 is 0.865 bits per heavy atom. The molecule has 3 aromatic carbocycles. The highest BCUT2D eigenvalue weighted by Gasteiger charge is 2.64. The van der Waals surface area contributed by atoms with Crippen molar-refractivity contribution >= 4 is 44.5 Å². The van der Waals surface area contributed by atoms with Crippen LogP contribution in [0.3, 0.4) is 0 Å². The lowest BCUT2D eigenvalue weighted by molar-refractivity contribution is -0.127. The number of amides is 1. The third-order valence-electron chi connectivity index (χ3n) is 9.18. The Morgan fingerprint density at radius 3 is 1.81 bits per heavy atom. The highest BCUT2D eigenvalue weighted by molar-refractivity contribution is 7.95. The smallest absolute Gasteiger partial charge is 0.261 e. The number of hydrogen-bond acceptors (Lipinski definition) is 3. The fourth-order valence-electron chi connectivity index (χ4n) is 7.60. The number of carbonyl (C=O) groups is 1. The highest BCUT2D eigenvalue weighted by atomic mass is 32.2. The van der Waals surface area contributed by atoms with E-state index in [0.717, 1.165) is 41.6 Å². The Morgan fingerprint density at radius 2 is 1.35 bits per heavy atom. The van der Waals surface area contributed by atoms with Crippen LogP contribution in [0.25, 0.3) is 0 Å². The topological polar surface area (TPSA) is 54.5 Å². The van der Waals surface area contributed by atoms with E-state index in [-0.39, 0.29) is 28.5 Å². The summed E-state index contributed by atoms with van der Waals surface area (Å²) in [6, 6.07) is 30.1. The fraction of sp³-hybridized carbons (Fsp3) is 0.355. The molecule has 3 atom stereocenters. The van der Waals surface area contributed by atoms with E-state index in [2.05, 4.69) is 50.2 Å². The molecule has 0 radical (unpaired) electrons. The minimum absolute atomic E-state index is 0.0911. The van der Waals surface area contributed by atoms with E-state index in [1.54, 1.807) is 5.80 Å². The molecule has 6 heteroatoms. The number of benzene rings is 3. The van der Waals surface area contributed by atoms with Crippen molar-refractivity contribution in [2.45, 2.75) is 45.6 Å². The van der Waals surface area contributed by atoms with Crippen molar-refractivity contribution in [3.8, 4) is 0 Å². The van der Waals surface area contributed by atoms with Crippen molar-refractivity contribution in [3.63, 3.8) is 0 Å². The summed E-state index contributed by atoms with van der Waals surface area (Å²) in [7, 11) is -3.71. The molecule has 0 aromatic heterocycles. The zero-order chi connectivity index (χ0) is 25.9. The minimum atomic E-state index is -3.71. The second kappa shape index (κ2) is 8.71. The van der Waals surface area contributed by atoms with Crippen LogP contribution < -0.4 is 15.9 Å². The van der Waals surface area contributed by atoms with E-state index < -0.39 is 16.9 Å². The molecule has 3 saturated carbocycles. The monoisotopic (exact) mass is 531 g/mol.